The molecule has 2 aromatic carbocycles. The molecule has 0 saturated carbocycles. The number of rotatable bonds is 6. The van der Waals surface area contributed by atoms with Crippen molar-refractivity contribution in [2.24, 2.45) is 0 Å². The van der Waals surface area contributed by atoms with Crippen LogP contribution in [-0.4, -0.2) is 31.9 Å². The van der Waals surface area contributed by atoms with Crippen LogP contribution in [0.1, 0.15) is 46.3 Å². The number of carboxylic acids is 1. The normalized spacial score (nSPS) is 15.2. The summed E-state index contributed by atoms with van der Waals surface area (Å²) in [5, 5.41) is 9.18. The number of fused-ring (bicyclic) bond motifs is 1. The summed E-state index contributed by atoms with van der Waals surface area (Å²) in [6.45, 7) is 0. The van der Waals surface area contributed by atoms with Crippen LogP contribution in [0.25, 0.3) is 17.7 Å². The van der Waals surface area contributed by atoms with Gasteiger partial charge >= 0.3 is 12.1 Å². The molecule has 0 heterocycles. The predicted molar refractivity (Wildman–Crippen MR) is 109 cm³/mol. The smallest absolute Gasteiger partial charge is 0.389 e. The van der Waals surface area contributed by atoms with Crippen molar-refractivity contribution in [3.8, 4) is 0 Å². The maximum Gasteiger partial charge on any atom is 0.389 e. The molecule has 158 valence electrons. The molecule has 0 fully saturated rings. The first-order valence-electron chi connectivity index (χ1n) is 9.11. The number of aromatic carboxylic acids is 1. The minimum absolute atomic E-state index is 0.0950. The molecule has 8 heteroatoms. The van der Waals surface area contributed by atoms with E-state index in [0.717, 1.165) is 6.26 Å². The van der Waals surface area contributed by atoms with E-state index in [4.69, 9.17) is 0 Å². The summed E-state index contributed by atoms with van der Waals surface area (Å²) in [5.41, 5.74) is 3.31. The van der Waals surface area contributed by atoms with Crippen molar-refractivity contribution in [3.05, 3.63) is 70.3 Å². The number of carbonyl (C=O) groups is 1. The van der Waals surface area contributed by atoms with Crippen molar-refractivity contribution in [2.75, 3.05) is 6.26 Å². The van der Waals surface area contributed by atoms with E-state index in [1.165, 1.54) is 24.3 Å². The molecule has 3 rings (SSSR count). The molecule has 0 amide bonds. The monoisotopic (exact) mass is 436 g/mol. The molecule has 0 radical (unpaired) electrons. The first-order chi connectivity index (χ1) is 13.9. The van der Waals surface area contributed by atoms with E-state index >= 15 is 0 Å². The van der Waals surface area contributed by atoms with Crippen LogP contribution in [0.5, 0.6) is 0 Å². The van der Waals surface area contributed by atoms with Gasteiger partial charge in [-0.15, -0.1) is 0 Å². The van der Waals surface area contributed by atoms with Crippen LogP contribution in [0, 0.1) is 0 Å². The number of hydrogen-bond acceptors (Lipinski definition) is 3. The van der Waals surface area contributed by atoms with Crippen molar-refractivity contribution in [3.63, 3.8) is 0 Å². The number of alkyl halides is 3. The molecule has 0 bridgehead atoms. The molecule has 1 N–H and O–H groups in total. The Bertz CT molecular complexity index is 1160. The summed E-state index contributed by atoms with van der Waals surface area (Å²) in [6, 6.07) is 10.8. The maximum absolute atomic E-state index is 12.6. The summed E-state index contributed by atoms with van der Waals surface area (Å²) < 4.78 is 61.5. The van der Waals surface area contributed by atoms with E-state index in [0.29, 0.717) is 27.8 Å². The average Bonchev–Trinajstić information content (AvgIpc) is 2.97. The van der Waals surface area contributed by atoms with Crippen LogP contribution in [0.4, 0.5) is 13.2 Å². The Labute approximate surface area is 172 Å². The highest BCUT2D eigenvalue weighted by atomic mass is 32.2. The molecule has 0 saturated heterocycles. The van der Waals surface area contributed by atoms with Gasteiger partial charge in [-0.3, -0.25) is 0 Å². The van der Waals surface area contributed by atoms with E-state index in [9.17, 15) is 31.5 Å². The SMILES string of the molecule is CS(=O)(=O)c1ccc2c(c1)C=C(CCCC(F)(F)F)C2=Cc1cccc(C(=O)O)c1. The highest BCUT2D eigenvalue weighted by Gasteiger charge is 2.27. The minimum atomic E-state index is -4.25. The van der Waals surface area contributed by atoms with Crippen molar-refractivity contribution in [1.29, 1.82) is 0 Å². The molecule has 30 heavy (non-hydrogen) atoms. The standard InChI is InChI=1S/C22H19F3O4S/c1-30(28,29)18-7-8-19-17(13-18)12-15(6-3-9-22(23,24)25)20(19)11-14-4-2-5-16(10-14)21(26)27/h2,4-5,7-8,10-13H,3,6,9H2,1H3,(H,26,27). The molecule has 0 atom stereocenters. The fourth-order valence-electron chi connectivity index (χ4n) is 3.36. The first kappa shape index (κ1) is 21.8. The van der Waals surface area contributed by atoms with Crippen LogP contribution in [-0.2, 0) is 9.84 Å². The lowest BCUT2D eigenvalue weighted by Crippen LogP contribution is -2.06. The molecule has 2 aromatic rings. The summed E-state index contributed by atoms with van der Waals surface area (Å²) in [7, 11) is -3.43. The Morgan fingerprint density at radius 3 is 2.50 bits per heavy atom. The van der Waals surface area contributed by atoms with Gasteiger partial charge in [-0.25, -0.2) is 13.2 Å². The summed E-state index contributed by atoms with van der Waals surface area (Å²) in [4.78, 5) is 11.4. The second-order valence-corrected chi connectivity index (χ2v) is 9.16. The Morgan fingerprint density at radius 2 is 1.87 bits per heavy atom. The molecule has 0 aromatic heterocycles. The van der Waals surface area contributed by atoms with Gasteiger partial charge in [-0.1, -0.05) is 24.3 Å². The van der Waals surface area contributed by atoms with E-state index in [1.54, 1.807) is 30.4 Å². The zero-order chi connectivity index (χ0) is 22.1. The largest absolute Gasteiger partial charge is 0.478 e. The first-order valence-corrected chi connectivity index (χ1v) is 11.0. The molecule has 4 nitrogen and oxygen atoms in total. The minimum Gasteiger partial charge on any atom is -0.478 e. The van der Waals surface area contributed by atoms with Crippen molar-refractivity contribution in [1.82, 2.24) is 0 Å². The van der Waals surface area contributed by atoms with Gasteiger partial charge in [-0.05, 0) is 71.0 Å². The number of allylic oxidation sites excluding steroid dienone is 2. The lowest BCUT2D eigenvalue weighted by atomic mass is 9.96. The third-order valence-corrected chi connectivity index (χ3v) is 5.88. The van der Waals surface area contributed by atoms with E-state index in [2.05, 4.69) is 0 Å². The Hall–Kier alpha value is -2.87. The fraction of sp³-hybridized carbons (Fsp3) is 0.227. The van der Waals surface area contributed by atoms with Crippen LogP contribution < -0.4 is 0 Å². The zero-order valence-electron chi connectivity index (χ0n) is 16.0. The van der Waals surface area contributed by atoms with Crippen LogP contribution in [0.3, 0.4) is 0 Å². The van der Waals surface area contributed by atoms with Gasteiger partial charge in [0.1, 0.15) is 0 Å². The fourth-order valence-corrected chi connectivity index (χ4v) is 4.02. The van der Waals surface area contributed by atoms with Gasteiger partial charge in [0, 0.05) is 12.7 Å². The van der Waals surface area contributed by atoms with Crippen molar-refractivity contribution < 1.29 is 31.5 Å². The van der Waals surface area contributed by atoms with E-state index in [1.807, 2.05) is 0 Å². The molecule has 0 aliphatic heterocycles. The lowest BCUT2D eigenvalue weighted by molar-refractivity contribution is -0.135. The number of halogens is 3. The molecular weight excluding hydrogens is 417 g/mol. The topological polar surface area (TPSA) is 71.4 Å². The average molecular weight is 436 g/mol. The van der Waals surface area contributed by atoms with Gasteiger partial charge in [0.15, 0.2) is 9.84 Å². The van der Waals surface area contributed by atoms with Crippen LogP contribution in [0.2, 0.25) is 0 Å². The molecular formula is C22H19F3O4S. The van der Waals surface area contributed by atoms with Crippen LogP contribution >= 0.6 is 0 Å². The molecule has 1 aliphatic carbocycles. The molecule has 0 unspecified atom stereocenters. The highest BCUT2D eigenvalue weighted by molar-refractivity contribution is 7.90. The Morgan fingerprint density at radius 1 is 1.13 bits per heavy atom. The second kappa shape index (κ2) is 8.10. The predicted octanol–water partition coefficient (Wildman–Crippen LogP) is 5.46. The van der Waals surface area contributed by atoms with Crippen molar-refractivity contribution >= 4 is 33.5 Å². The number of benzene rings is 2. The van der Waals surface area contributed by atoms with Gasteiger partial charge in [0.25, 0.3) is 0 Å². The van der Waals surface area contributed by atoms with Gasteiger partial charge in [-0.2, -0.15) is 13.2 Å². The zero-order valence-corrected chi connectivity index (χ0v) is 16.8. The molecule has 0 spiro atoms. The third-order valence-electron chi connectivity index (χ3n) is 4.77. The Balaban J connectivity index is 2.03. The summed E-state index contributed by atoms with van der Waals surface area (Å²) >= 11 is 0. The van der Waals surface area contributed by atoms with Crippen LogP contribution in [0.15, 0.2) is 52.9 Å². The number of hydrogen-bond donors (Lipinski definition) is 1. The highest BCUT2D eigenvalue weighted by Crippen LogP contribution is 2.40. The van der Waals surface area contributed by atoms with Gasteiger partial charge in [0.2, 0.25) is 0 Å². The third kappa shape index (κ3) is 5.18. The Kier molecular flexibility index (Phi) is 5.90. The summed E-state index contributed by atoms with van der Waals surface area (Å²) in [5.74, 6) is -1.08. The number of carboxylic acid groups (broad SMARTS) is 1. The van der Waals surface area contributed by atoms with E-state index < -0.39 is 28.4 Å². The molecule has 1 aliphatic rings. The second-order valence-electron chi connectivity index (χ2n) is 7.15. The van der Waals surface area contributed by atoms with Crippen molar-refractivity contribution in [2.45, 2.75) is 30.3 Å². The number of sulfone groups is 1. The van der Waals surface area contributed by atoms with Gasteiger partial charge < -0.3 is 5.11 Å². The summed E-state index contributed by atoms with van der Waals surface area (Å²) in [6.07, 6.45) is -0.606. The van der Waals surface area contributed by atoms with Gasteiger partial charge in [0.05, 0.1) is 10.5 Å². The maximum atomic E-state index is 12.6. The van der Waals surface area contributed by atoms with E-state index in [-0.39, 0.29) is 23.3 Å². The quantitative estimate of drug-likeness (QED) is 0.653. The lowest BCUT2D eigenvalue weighted by Gasteiger charge is -2.10.